The first-order valence-electron chi connectivity index (χ1n) is 6.79. The first-order valence-corrected chi connectivity index (χ1v) is 7.92. The Balaban J connectivity index is 2.24. The fraction of sp³-hybridized carbons (Fsp3) is 0.200. The number of amides is 2. The van der Waals surface area contributed by atoms with Gasteiger partial charge in [-0.15, -0.1) is 0 Å². The van der Waals surface area contributed by atoms with E-state index in [1.54, 1.807) is 26.2 Å². The Bertz CT molecular complexity index is 787. The van der Waals surface area contributed by atoms with Crippen LogP contribution >= 0.6 is 34.8 Å². The van der Waals surface area contributed by atoms with Gasteiger partial charge >= 0.3 is 6.03 Å². The molecule has 0 spiro atoms. The fourth-order valence-corrected chi connectivity index (χ4v) is 2.43. The van der Waals surface area contributed by atoms with E-state index in [2.05, 4.69) is 10.3 Å². The van der Waals surface area contributed by atoms with Gasteiger partial charge in [0.05, 0.1) is 10.6 Å². The zero-order chi connectivity index (χ0) is 18.7. The van der Waals surface area contributed by atoms with E-state index in [1.807, 2.05) is 0 Å². The molecule has 10 heteroatoms. The monoisotopic (exact) mass is 409 g/mol. The van der Waals surface area contributed by atoms with E-state index in [0.717, 1.165) is 0 Å². The molecule has 1 heterocycles. The van der Waals surface area contributed by atoms with Gasteiger partial charge < -0.3 is 15.0 Å². The van der Waals surface area contributed by atoms with Crippen molar-refractivity contribution in [1.29, 1.82) is 0 Å². The zero-order valence-electron chi connectivity index (χ0n) is 13.0. The summed E-state index contributed by atoms with van der Waals surface area (Å²) in [5, 5.41) is 1.45. The third-order valence-electron chi connectivity index (χ3n) is 2.99. The maximum absolute atomic E-state index is 13.1. The minimum atomic E-state index is -2.94. The largest absolute Gasteiger partial charge is 0.437 e. The third-order valence-corrected chi connectivity index (χ3v) is 4.10. The van der Waals surface area contributed by atoms with Crippen molar-refractivity contribution in [2.45, 2.75) is 6.43 Å². The number of ether oxygens (including phenoxy) is 1. The molecule has 0 fully saturated rings. The number of rotatable bonds is 4. The van der Waals surface area contributed by atoms with E-state index in [1.165, 1.54) is 17.0 Å². The zero-order valence-corrected chi connectivity index (χ0v) is 15.3. The number of anilines is 1. The van der Waals surface area contributed by atoms with E-state index >= 15 is 0 Å². The first kappa shape index (κ1) is 19.5. The highest BCUT2D eigenvalue weighted by Gasteiger charge is 2.24. The summed E-state index contributed by atoms with van der Waals surface area (Å²) in [5.41, 5.74) is -0.124. The molecule has 2 aromatic rings. The second-order valence-electron chi connectivity index (χ2n) is 5.00. The smallest absolute Gasteiger partial charge is 0.321 e. The van der Waals surface area contributed by atoms with E-state index in [9.17, 15) is 13.6 Å². The molecule has 0 aliphatic rings. The van der Waals surface area contributed by atoms with E-state index < -0.39 is 22.0 Å². The van der Waals surface area contributed by atoms with Crippen LogP contribution < -0.4 is 10.1 Å². The van der Waals surface area contributed by atoms with Gasteiger partial charge in [-0.1, -0.05) is 34.8 Å². The standard InChI is InChI=1S/C15H12Cl3F2N3O2/c1-23(2)15(24)21-7-3-5-8(6-4-7)25-14-11(17)9(13(19)20)10(16)12(18)22-14/h3-6,13H,1-2H3,(H,21,24). The Kier molecular flexibility index (Phi) is 6.26. The molecule has 0 saturated carbocycles. The lowest BCUT2D eigenvalue weighted by Gasteiger charge is -2.14. The Morgan fingerprint density at radius 1 is 1.16 bits per heavy atom. The molecule has 0 aliphatic heterocycles. The molecule has 1 aromatic heterocycles. The van der Waals surface area contributed by atoms with E-state index in [-0.39, 0.29) is 22.8 Å². The van der Waals surface area contributed by atoms with Crippen molar-refractivity contribution < 1.29 is 18.3 Å². The van der Waals surface area contributed by atoms with Crippen LogP contribution in [0, 0.1) is 0 Å². The van der Waals surface area contributed by atoms with E-state index in [0.29, 0.717) is 5.69 Å². The van der Waals surface area contributed by atoms with Crippen LogP contribution in [-0.4, -0.2) is 30.0 Å². The minimum Gasteiger partial charge on any atom is -0.437 e. The Hall–Kier alpha value is -1.83. The molecule has 0 bridgehead atoms. The number of hydrogen-bond donors (Lipinski definition) is 1. The van der Waals surface area contributed by atoms with Gasteiger partial charge in [-0.25, -0.2) is 13.6 Å². The SMILES string of the molecule is CN(C)C(=O)Nc1ccc(Oc2nc(Cl)c(Cl)c(C(F)F)c2Cl)cc1. The molecule has 0 aliphatic carbocycles. The number of nitrogens with one attached hydrogen (secondary N) is 1. The molecule has 0 unspecified atom stereocenters. The summed E-state index contributed by atoms with van der Waals surface area (Å²) in [6.45, 7) is 0. The number of carbonyl (C=O) groups is 1. The van der Waals surface area contributed by atoms with Gasteiger partial charge in [0.1, 0.15) is 10.8 Å². The fourth-order valence-electron chi connectivity index (χ4n) is 1.72. The van der Waals surface area contributed by atoms with Crippen LogP contribution in [0.4, 0.5) is 19.3 Å². The van der Waals surface area contributed by atoms with Gasteiger partial charge in [-0.3, -0.25) is 0 Å². The summed E-state index contributed by atoms with van der Waals surface area (Å²) in [6.07, 6.45) is -2.94. The summed E-state index contributed by atoms with van der Waals surface area (Å²) in [6, 6.07) is 5.85. The van der Waals surface area contributed by atoms with Crippen LogP contribution in [0.15, 0.2) is 24.3 Å². The van der Waals surface area contributed by atoms with Crippen LogP contribution in [-0.2, 0) is 0 Å². The van der Waals surface area contributed by atoms with Gasteiger partial charge in [0.2, 0.25) is 5.88 Å². The van der Waals surface area contributed by atoms with Crippen LogP contribution in [0.2, 0.25) is 15.2 Å². The minimum absolute atomic E-state index is 0.260. The van der Waals surface area contributed by atoms with Crippen molar-refractivity contribution in [3.05, 3.63) is 45.0 Å². The topological polar surface area (TPSA) is 54.5 Å². The van der Waals surface area contributed by atoms with Gasteiger partial charge in [-0.05, 0) is 24.3 Å². The number of hydrogen-bond acceptors (Lipinski definition) is 3. The molecular formula is C15H12Cl3F2N3O2. The molecule has 5 nitrogen and oxygen atoms in total. The lowest BCUT2D eigenvalue weighted by molar-refractivity contribution is 0.151. The molecule has 0 atom stereocenters. The van der Waals surface area contributed by atoms with Crippen molar-refractivity contribution >= 4 is 46.5 Å². The number of urea groups is 1. The first-order chi connectivity index (χ1) is 11.7. The second-order valence-corrected chi connectivity index (χ2v) is 6.12. The number of alkyl halides is 2. The highest BCUT2D eigenvalue weighted by atomic mass is 35.5. The number of carbonyl (C=O) groups excluding carboxylic acids is 1. The normalized spacial score (nSPS) is 10.7. The summed E-state index contributed by atoms with van der Waals surface area (Å²) in [5.74, 6) is -0.0349. The number of pyridine rings is 1. The third kappa shape index (κ3) is 4.62. The number of nitrogens with zero attached hydrogens (tertiary/aromatic N) is 2. The van der Waals surface area contributed by atoms with Crippen molar-refractivity contribution in [3.63, 3.8) is 0 Å². The Morgan fingerprint density at radius 3 is 2.28 bits per heavy atom. The van der Waals surface area contributed by atoms with Crippen LogP contribution in [0.3, 0.4) is 0 Å². The van der Waals surface area contributed by atoms with Gasteiger partial charge in [0.15, 0.2) is 5.15 Å². The summed E-state index contributed by atoms with van der Waals surface area (Å²) in [7, 11) is 3.21. The molecule has 2 amide bonds. The van der Waals surface area contributed by atoms with Crippen molar-refractivity contribution in [2.75, 3.05) is 19.4 Å². The highest BCUT2D eigenvalue weighted by Crippen LogP contribution is 2.42. The quantitative estimate of drug-likeness (QED) is 0.642. The maximum atomic E-state index is 13.1. The van der Waals surface area contributed by atoms with Gasteiger partial charge in [-0.2, -0.15) is 4.98 Å². The van der Waals surface area contributed by atoms with Crippen molar-refractivity contribution in [2.24, 2.45) is 0 Å². The molecule has 134 valence electrons. The highest BCUT2D eigenvalue weighted by molar-refractivity contribution is 6.43. The average Bonchev–Trinajstić information content (AvgIpc) is 2.54. The average molecular weight is 411 g/mol. The summed E-state index contributed by atoms with van der Waals surface area (Å²) >= 11 is 17.3. The molecular weight excluding hydrogens is 399 g/mol. The predicted molar refractivity (Wildman–Crippen MR) is 93.4 cm³/mol. The number of halogens is 5. The predicted octanol–water partition coefficient (Wildman–Crippen LogP) is 5.87. The van der Waals surface area contributed by atoms with E-state index in [4.69, 9.17) is 39.5 Å². The van der Waals surface area contributed by atoms with Gasteiger partial charge in [0, 0.05) is 19.8 Å². The summed E-state index contributed by atoms with van der Waals surface area (Å²) in [4.78, 5) is 16.7. The van der Waals surface area contributed by atoms with Crippen LogP contribution in [0.25, 0.3) is 0 Å². The summed E-state index contributed by atoms with van der Waals surface area (Å²) < 4.78 is 31.5. The molecule has 2 rings (SSSR count). The molecule has 25 heavy (non-hydrogen) atoms. The van der Waals surface area contributed by atoms with Crippen LogP contribution in [0.5, 0.6) is 11.6 Å². The number of benzene rings is 1. The van der Waals surface area contributed by atoms with Gasteiger partial charge in [0.25, 0.3) is 6.43 Å². The lowest BCUT2D eigenvalue weighted by Crippen LogP contribution is -2.27. The molecule has 1 N–H and O–H groups in total. The molecule has 0 radical (unpaired) electrons. The van der Waals surface area contributed by atoms with Crippen LogP contribution in [0.1, 0.15) is 12.0 Å². The van der Waals surface area contributed by atoms with Crippen molar-refractivity contribution in [3.8, 4) is 11.6 Å². The Labute approximate surface area is 157 Å². The molecule has 0 saturated heterocycles. The lowest BCUT2D eigenvalue weighted by atomic mass is 10.2. The van der Waals surface area contributed by atoms with Crippen molar-refractivity contribution in [1.82, 2.24) is 9.88 Å². The second kappa shape index (κ2) is 8.03. The Morgan fingerprint density at radius 2 is 1.76 bits per heavy atom. The molecule has 1 aromatic carbocycles. The maximum Gasteiger partial charge on any atom is 0.321 e. The number of aromatic nitrogens is 1.